The highest BCUT2D eigenvalue weighted by atomic mass is 16.1. The van der Waals surface area contributed by atoms with Crippen LogP contribution in [-0.4, -0.2) is 15.5 Å². The van der Waals surface area contributed by atoms with Crippen molar-refractivity contribution in [2.75, 3.05) is 5.32 Å². The summed E-state index contributed by atoms with van der Waals surface area (Å²) in [6.45, 7) is 0.407. The van der Waals surface area contributed by atoms with E-state index in [2.05, 4.69) is 10.3 Å². The molecule has 1 aliphatic rings. The van der Waals surface area contributed by atoms with E-state index in [1.165, 1.54) is 0 Å². The smallest absolute Gasteiger partial charge is 0.228 e. The van der Waals surface area contributed by atoms with Crippen LogP contribution in [0, 0.1) is 0 Å². The Bertz CT molecular complexity index is 630. The van der Waals surface area contributed by atoms with E-state index < -0.39 is 0 Å². The average Bonchev–Trinajstić information content (AvgIpc) is 2.89. The van der Waals surface area contributed by atoms with Crippen molar-refractivity contribution < 1.29 is 4.79 Å². The van der Waals surface area contributed by atoms with Gasteiger partial charge < -0.3 is 15.6 Å². The van der Waals surface area contributed by atoms with Gasteiger partial charge in [-0.15, -0.1) is 0 Å². The summed E-state index contributed by atoms with van der Waals surface area (Å²) in [5.41, 5.74) is 10.6. The predicted octanol–water partition coefficient (Wildman–Crippen LogP) is 1.04. The van der Waals surface area contributed by atoms with Gasteiger partial charge in [0.25, 0.3) is 0 Å². The van der Waals surface area contributed by atoms with Crippen LogP contribution in [0.4, 0.5) is 5.69 Å². The van der Waals surface area contributed by atoms with Crippen LogP contribution < -0.4 is 11.1 Å². The number of nitrogens with two attached hydrogens (primary N) is 1. The summed E-state index contributed by atoms with van der Waals surface area (Å²) in [5.74, 6) is 0.0474. The Morgan fingerprint density at radius 2 is 2.33 bits per heavy atom. The van der Waals surface area contributed by atoms with Gasteiger partial charge in [-0.2, -0.15) is 0 Å². The Kier molecular flexibility index (Phi) is 2.41. The van der Waals surface area contributed by atoms with Crippen molar-refractivity contribution in [2.24, 2.45) is 12.8 Å². The highest BCUT2D eigenvalue weighted by molar-refractivity contribution is 5.99. The zero-order valence-electron chi connectivity index (χ0n) is 10.1. The summed E-state index contributed by atoms with van der Waals surface area (Å²) in [7, 11) is 1.94. The summed E-state index contributed by atoms with van der Waals surface area (Å²) in [4.78, 5) is 15.6. The van der Waals surface area contributed by atoms with Gasteiger partial charge in [0.1, 0.15) is 0 Å². The minimum absolute atomic E-state index is 0.0474. The van der Waals surface area contributed by atoms with Gasteiger partial charge in [0.15, 0.2) is 0 Å². The van der Waals surface area contributed by atoms with Crippen molar-refractivity contribution in [1.82, 2.24) is 9.55 Å². The minimum Gasteiger partial charge on any atom is -0.333 e. The van der Waals surface area contributed by atoms with E-state index in [9.17, 15) is 4.79 Å². The Hall–Kier alpha value is -2.14. The van der Waals surface area contributed by atoms with Crippen LogP contribution in [0.3, 0.4) is 0 Å². The lowest BCUT2D eigenvalue weighted by Gasteiger charge is -2.07. The first-order valence-corrected chi connectivity index (χ1v) is 5.82. The molecule has 0 radical (unpaired) electrons. The maximum atomic E-state index is 11.3. The van der Waals surface area contributed by atoms with E-state index >= 15 is 0 Å². The molecule has 0 bridgehead atoms. The minimum atomic E-state index is 0.0474. The van der Waals surface area contributed by atoms with Crippen molar-refractivity contribution in [2.45, 2.75) is 13.0 Å². The van der Waals surface area contributed by atoms with E-state index in [1.54, 1.807) is 6.33 Å². The van der Waals surface area contributed by atoms with Crippen LogP contribution in [0.5, 0.6) is 0 Å². The number of nitrogens with one attached hydrogen (secondary N) is 1. The molecule has 1 amide bonds. The maximum absolute atomic E-state index is 11.3. The van der Waals surface area contributed by atoms with Gasteiger partial charge in [-0.3, -0.25) is 4.79 Å². The molecule has 0 unspecified atom stereocenters. The molecule has 3 rings (SSSR count). The molecule has 2 aromatic rings. The van der Waals surface area contributed by atoms with Gasteiger partial charge in [-0.05, 0) is 17.7 Å². The number of aryl methyl sites for hydroxylation is 1. The number of rotatable bonds is 2. The van der Waals surface area contributed by atoms with Crippen LogP contribution in [0.1, 0.15) is 11.3 Å². The Labute approximate surface area is 105 Å². The fourth-order valence-corrected chi connectivity index (χ4v) is 2.37. The first-order chi connectivity index (χ1) is 8.69. The molecule has 1 aromatic heterocycles. The van der Waals surface area contributed by atoms with Gasteiger partial charge in [0, 0.05) is 24.8 Å². The summed E-state index contributed by atoms with van der Waals surface area (Å²) in [6.07, 6.45) is 2.20. The molecule has 0 saturated heterocycles. The van der Waals surface area contributed by atoms with Crippen molar-refractivity contribution in [3.8, 4) is 11.3 Å². The van der Waals surface area contributed by atoms with E-state index in [-0.39, 0.29) is 5.91 Å². The number of anilines is 1. The van der Waals surface area contributed by atoms with E-state index in [0.29, 0.717) is 13.0 Å². The fraction of sp³-hybridized carbons (Fsp3) is 0.231. The number of amides is 1. The van der Waals surface area contributed by atoms with Gasteiger partial charge >= 0.3 is 0 Å². The van der Waals surface area contributed by atoms with E-state index in [4.69, 9.17) is 5.73 Å². The van der Waals surface area contributed by atoms with Crippen molar-refractivity contribution in [3.05, 3.63) is 35.8 Å². The molecule has 3 N–H and O–H groups in total. The molecule has 1 aliphatic heterocycles. The number of hydrogen-bond donors (Lipinski definition) is 2. The second kappa shape index (κ2) is 3.96. The molecular formula is C13H14N4O. The van der Waals surface area contributed by atoms with E-state index in [0.717, 1.165) is 28.2 Å². The Balaban J connectivity index is 2.11. The number of fused-ring (bicyclic) bond motifs is 1. The Morgan fingerprint density at radius 1 is 1.50 bits per heavy atom. The third kappa shape index (κ3) is 1.60. The zero-order chi connectivity index (χ0) is 12.7. The maximum Gasteiger partial charge on any atom is 0.228 e. The first kappa shape index (κ1) is 11.0. The first-order valence-electron chi connectivity index (χ1n) is 5.82. The molecule has 0 aliphatic carbocycles. The van der Waals surface area contributed by atoms with Crippen molar-refractivity contribution in [3.63, 3.8) is 0 Å². The molecule has 92 valence electrons. The quantitative estimate of drug-likeness (QED) is 0.826. The number of benzene rings is 1. The van der Waals surface area contributed by atoms with Gasteiger partial charge in [0.2, 0.25) is 5.91 Å². The highest BCUT2D eigenvalue weighted by Crippen LogP contribution is 2.30. The number of imidazole rings is 1. The van der Waals surface area contributed by atoms with Crippen LogP contribution in [0.2, 0.25) is 0 Å². The number of hydrogen-bond acceptors (Lipinski definition) is 3. The molecular weight excluding hydrogens is 228 g/mol. The summed E-state index contributed by atoms with van der Waals surface area (Å²) in [6, 6.07) is 5.95. The molecule has 5 nitrogen and oxygen atoms in total. The summed E-state index contributed by atoms with van der Waals surface area (Å²) in [5, 5.41) is 2.83. The van der Waals surface area contributed by atoms with Crippen LogP contribution in [0.15, 0.2) is 24.5 Å². The van der Waals surface area contributed by atoms with Crippen LogP contribution in [0.25, 0.3) is 11.3 Å². The number of aromatic nitrogens is 2. The van der Waals surface area contributed by atoms with Crippen molar-refractivity contribution >= 4 is 11.6 Å². The largest absolute Gasteiger partial charge is 0.333 e. The topological polar surface area (TPSA) is 72.9 Å². The summed E-state index contributed by atoms with van der Waals surface area (Å²) >= 11 is 0. The van der Waals surface area contributed by atoms with Crippen molar-refractivity contribution in [1.29, 1.82) is 0 Å². The van der Waals surface area contributed by atoms with Gasteiger partial charge in [-0.25, -0.2) is 4.98 Å². The third-order valence-corrected chi connectivity index (χ3v) is 3.21. The standard InChI is InChI=1S/C13H14N4O/c1-17-7-15-11(6-14)13(17)8-2-3-10-9(4-8)5-12(18)16-10/h2-4,7H,5-6,14H2,1H3,(H,16,18). The van der Waals surface area contributed by atoms with E-state index in [1.807, 2.05) is 29.8 Å². The average molecular weight is 242 g/mol. The normalized spacial score (nSPS) is 13.6. The number of carbonyl (C=O) groups excluding carboxylic acids is 1. The molecule has 2 heterocycles. The molecule has 1 aromatic carbocycles. The zero-order valence-corrected chi connectivity index (χ0v) is 10.1. The highest BCUT2D eigenvalue weighted by Gasteiger charge is 2.19. The lowest BCUT2D eigenvalue weighted by Crippen LogP contribution is -2.03. The molecule has 5 heteroatoms. The molecule has 18 heavy (non-hydrogen) atoms. The fourth-order valence-electron chi connectivity index (χ4n) is 2.37. The second-order valence-corrected chi connectivity index (χ2v) is 4.45. The number of nitrogens with zero attached hydrogens (tertiary/aromatic N) is 2. The summed E-state index contributed by atoms with van der Waals surface area (Å²) < 4.78 is 1.95. The molecule has 0 saturated carbocycles. The van der Waals surface area contributed by atoms with Gasteiger partial charge in [0.05, 0.1) is 24.1 Å². The van der Waals surface area contributed by atoms with Crippen LogP contribution >= 0.6 is 0 Å². The van der Waals surface area contributed by atoms with Crippen LogP contribution in [-0.2, 0) is 24.8 Å². The lowest BCUT2D eigenvalue weighted by atomic mass is 10.0. The predicted molar refractivity (Wildman–Crippen MR) is 68.9 cm³/mol. The monoisotopic (exact) mass is 242 g/mol. The second-order valence-electron chi connectivity index (χ2n) is 4.45. The van der Waals surface area contributed by atoms with Gasteiger partial charge in [-0.1, -0.05) is 6.07 Å². The Morgan fingerprint density at radius 3 is 3.11 bits per heavy atom. The lowest BCUT2D eigenvalue weighted by molar-refractivity contribution is -0.115. The molecule has 0 spiro atoms. The number of carbonyl (C=O) groups is 1. The molecule has 0 fully saturated rings. The molecule has 0 atom stereocenters. The SMILES string of the molecule is Cn1cnc(CN)c1-c1ccc2c(c1)CC(=O)N2. The third-order valence-electron chi connectivity index (χ3n) is 3.21.